The number of nitrogens with zero attached hydrogens (tertiary/aromatic N) is 1. The maximum Gasteiger partial charge on any atom is 0.235 e. The molecule has 3 nitrogen and oxygen atoms in total. The molecule has 1 aliphatic carbocycles. The van der Waals surface area contributed by atoms with E-state index in [0.717, 1.165) is 12.8 Å². The highest BCUT2D eigenvalue weighted by molar-refractivity contribution is 7.80. The fourth-order valence-corrected chi connectivity index (χ4v) is 2.35. The summed E-state index contributed by atoms with van der Waals surface area (Å²) in [4.78, 5) is 14.5. The Balaban J connectivity index is 2.87. The fraction of sp³-hybridized carbons (Fsp3) is 0.818. The maximum atomic E-state index is 12.3. The Hall–Kier alpha value is -0.640. The van der Waals surface area contributed by atoms with Crippen LogP contribution in [0.1, 0.15) is 39.5 Å². The second kappa shape index (κ2) is 4.47. The molecule has 0 heterocycles. The Morgan fingerprint density at radius 2 is 1.93 bits per heavy atom. The molecule has 0 saturated heterocycles. The van der Waals surface area contributed by atoms with E-state index < -0.39 is 5.41 Å². The van der Waals surface area contributed by atoms with E-state index >= 15 is 0 Å². The van der Waals surface area contributed by atoms with Gasteiger partial charge >= 0.3 is 0 Å². The molecule has 1 rings (SSSR count). The number of thiocarbonyl (C=S) groups is 1. The highest BCUT2D eigenvalue weighted by Gasteiger charge is 2.43. The van der Waals surface area contributed by atoms with Crippen LogP contribution in [-0.4, -0.2) is 28.9 Å². The number of nitrogens with two attached hydrogens (primary N) is 1. The number of hydrogen-bond acceptors (Lipinski definition) is 2. The van der Waals surface area contributed by atoms with E-state index in [0.29, 0.717) is 23.9 Å². The van der Waals surface area contributed by atoms with Crippen LogP contribution in [0.4, 0.5) is 0 Å². The van der Waals surface area contributed by atoms with Crippen LogP contribution in [0.3, 0.4) is 0 Å². The summed E-state index contributed by atoms with van der Waals surface area (Å²) >= 11 is 5.06. The van der Waals surface area contributed by atoms with Gasteiger partial charge in [-0.15, -0.1) is 0 Å². The van der Waals surface area contributed by atoms with Crippen molar-refractivity contribution in [3.05, 3.63) is 0 Å². The van der Waals surface area contributed by atoms with Crippen molar-refractivity contribution >= 4 is 23.1 Å². The Kier molecular flexibility index (Phi) is 3.71. The van der Waals surface area contributed by atoms with Crippen molar-refractivity contribution in [1.82, 2.24) is 4.90 Å². The van der Waals surface area contributed by atoms with Crippen LogP contribution in [0.2, 0.25) is 0 Å². The zero-order valence-corrected chi connectivity index (χ0v) is 10.6. The van der Waals surface area contributed by atoms with E-state index in [2.05, 4.69) is 0 Å². The molecule has 86 valence electrons. The molecule has 2 N–H and O–H groups in total. The monoisotopic (exact) mass is 228 g/mol. The van der Waals surface area contributed by atoms with Gasteiger partial charge in [-0.25, -0.2) is 0 Å². The second-order valence-electron chi connectivity index (χ2n) is 4.30. The average Bonchev–Trinajstić information content (AvgIpc) is 3.02. The lowest BCUT2D eigenvalue weighted by Crippen LogP contribution is -2.49. The smallest absolute Gasteiger partial charge is 0.235 e. The Morgan fingerprint density at radius 1 is 1.47 bits per heavy atom. The molecule has 0 spiro atoms. The van der Waals surface area contributed by atoms with E-state index in [1.807, 2.05) is 25.8 Å². The van der Waals surface area contributed by atoms with Crippen molar-refractivity contribution in [2.75, 3.05) is 7.05 Å². The van der Waals surface area contributed by atoms with Gasteiger partial charge in [0.15, 0.2) is 0 Å². The molecular weight excluding hydrogens is 208 g/mol. The van der Waals surface area contributed by atoms with Gasteiger partial charge in [0, 0.05) is 13.1 Å². The molecule has 1 saturated carbocycles. The van der Waals surface area contributed by atoms with Gasteiger partial charge in [0.25, 0.3) is 0 Å². The Morgan fingerprint density at radius 3 is 2.20 bits per heavy atom. The lowest BCUT2D eigenvalue weighted by molar-refractivity contribution is -0.137. The topological polar surface area (TPSA) is 46.3 Å². The zero-order valence-electron chi connectivity index (χ0n) is 9.75. The number of hydrogen-bond donors (Lipinski definition) is 1. The first kappa shape index (κ1) is 12.4. The predicted molar refractivity (Wildman–Crippen MR) is 65.6 cm³/mol. The molecule has 0 aromatic rings. The van der Waals surface area contributed by atoms with Crippen LogP contribution in [0.25, 0.3) is 0 Å². The molecule has 4 heteroatoms. The maximum absolute atomic E-state index is 12.3. The lowest BCUT2D eigenvalue weighted by Gasteiger charge is -2.33. The summed E-state index contributed by atoms with van der Waals surface area (Å²) in [6, 6.07) is 0.421. The van der Waals surface area contributed by atoms with Gasteiger partial charge in [0.05, 0.1) is 10.4 Å². The molecule has 0 unspecified atom stereocenters. The minimum atomic E-state index is -0.618. The molecule has 0 bridgehead atoms. The van der Waals surface area contributed by atoms with Crippen molar-refractivity contribution in [2.24, 2.45) is 11.1 Å². The Labute approximate surface area is 97.0 Å². The van der Waals surface area contributed by atoms with E-state index in [1.54, 1.807) is 0 Å². The van der Waals surface area contributed by atoms with Crippen LogP contribution < -0.4 is 5.73 Å². The minimum absolute atomic E-state index is 0.0995. The number of carbonyl (C=O) groups excluding carboxylic acids is 1. The van der Waals surface area contributed by atoms with Crippen LogP contribution in [0, 0.1) is 5.41 Å². The highest BCUT2D eigenvalue weighted by atomic mass is 32.1. The van der Waals surface area contributed by atoms with Gasteiger partial charge in [0.1, 0.15) is 0 Å². The van der Waals surface area contributed by atoms with Crippen molar-refractivity contribution in [3.63, 3.8) is 0 Å². The zero-order chi connectivity index (χ0) is 11.6. The SMILES string of the molecule is CCC(CC)(C(=O)N(C)C1CC1)C(N)=S. The molecule has 15 heavy (non-hydrogen) atoms. The number of rotatable bonds is 5. The first-order chi connectivity index (χ1) is 6.99. The van der Waals surface area contributed by atoms with E-state index in [9.17, 15) is 4.79 Å². The predicted octanol–water partition coefficient (Wildman–Crippen LogP) is 1.70. The van der Waals surface area contributed by atoms with Gasteiger partial charge in [-0.05, 0) is 25.7 Å². The van der Waals surface area contributed by atoms with Crippen molar-refractivity contribution in [3.8, 4) is 0 Å². The van der Waals surface area contributed by atoms with Gasteiger partial charge in [-0.3, -0.25) is 4.79 Å². The molecule has 1 fully saturated rings. The normalized spacial score (nSPS) is 16.2. The lowest BCUT2D eigenvalue weighted by atomic mass is 9.80. The quantitative estimate of drug-likeness (QED) is 0.729. The van der Waals surface area contributed by atoms with Crippen molar-refractivity contribution in [1.29, 1.82) is 0 Å². The molecule has 1 amide bonds. The van der Waals surface area contributed by atoms with E-state index in [4.69, 9.17) is 18.0 Å². The summed E-state index contributed by atoms with van der Waals surface area (Å²) in [6.07, 6.45) is 3.61. The van der Waals surface area contributed by atoms with Gasteiger partial charge in [-0.1, -0.05) is 26.1 Å². The third-order valence-corrected chi connectivity index (χ3v) is 3.89. The molecule has 0 aromatic carbocycles. The van der Waals surface area contributed by atoms with Crippen LogP contribution in [0.5, 0.6) is 0 Å². The molecular formula is C11H20N2OS. The van der Waals surface area contributed by atoms with E-state index in [-0.39, 0.29) is 5.91 Å². The first-order valence-corrected chi connectivity index (χ1v) is 5.97. The molecule has 0 atom stereocenters. The highest BCUT2D eigenvalue weighted by Crippen LogP contribution is 2.34. The van der Waals surface area contributed by atoms with Gasteiger partial charge in [0.2, 0.25) is 5.91 Å². The largest absolute Gasteiger partial charge is 0.392 e. The summed E-state index contributed by atoms with van der Waals surface area (Å²) < 4.78 is 0. The van der Waals surface area contributed by atoms with Crippen molar-refractivity contribution < 1.29 is 4.79 Å². The number of amides is 1. The fourth-order valence-electron chi connectivity index (χ4n) is 1.97. The molecule has 1 aliphatic rings. The summed E-state index contributed by atoms with van der Waals surface area (Å²) in [5.41, 5.74) is 5.12. The van der Waals surface area contributed by atoms with Gasteiger partial charge in [-0.2, -0.15) is 0 Å². The second-order valence-corrected chi connectivity index (χ2v) is 4.74. The van der Waals surface area contributed by atoms with Crippen LogP contribution in [0.15, 0.2) is 0 Å². The summed E-state index contributed by atoms with van der Waals surface area (Å²) in [6.45, 7) is 3.95. The summed E-state index contributed by atoms with van der Waals surface area (Å²) in [5.74, 6) is 0.0995. The summed E-state index contributed by atoms with van der Waals surface area (Å²) in [7, 11) is 1.86. The average molecular weight is 228 g/mol. The van der Waals surface area contributed by atoms with Crippen LogP contribution >= 0.6 is 12.2 Å². The first-order valence-electron chi connectivity index (χ1n) is 5.56. The Bertz CT molecular complexity index is 270. The van der Waals surface area contributed by atoms with Crippen LogP contribution in [-0.2, 0) is 4.79 Å². The molecule has 0 aromatic heterocycles. The van der Waals surface area contributed by atoms with Crippen molar-refractivity contribution in [2.45, 2.75) is 45.6 Å². The molecule has 0 radical (unpaired) electrons. The standard InChI is InChI=1S/C11H20N2OS/c1-4-11(5-2,9(12)15)10(14)13(3)8-6-7-8/h8H,4-7H2,1-3H3,(H2,12,15). The molecule has 0 aliphatic heterocycles. The van der Waals surface area contributed by atoms with E-state index in [1.165, 1.54) is 0 Å². The van der Waals surface area contributed by atoms with Gasteiger partial charge < -0.3 is 10.6 Å². The number of carbonyl (C=O) groups is 1. The third-order valence-electron chi connectivity index (χ3n) is 3.50. The summed E-state index contributed by atoms with van der Waals surface area (Å²) in [5, 5.41) is 0. The minimum Gasteiger partial charge on any atom is -0.392 e. The third kappa shape index (κ3) is 2.14.